The third-order valence-electron chi connectivity index (χ3n) is 5.05. The summed E-state index contributed by atoms with van der Waals surface area (Å²) in [7, 11) is 0. The lowest BCUT2D eigenvalue weighted by atomic mass is 9.96. The van der Waals surface area contributed by atoms with E-state index in [1.54, 1.807) is 36.4 Å². The summed E-state index contributed by atoms with van der Waals surface area (Å²) in [5, 5.41) is 13.6. The number of aliphatic hydroxyl groups is 1. The van der Waals surface area contributed by atoms with E-state index in [0.717, 1.165) is 12.1 Å². The number of ketones is 1. The van der Waals surface area contributed by atoms with Crippen LogP contribution in [-0.4, -0.2) is 27.7 Å². The van der Waals surface area contributed by atoms with Crippen molar-refractivity contribution < 1.29 is 23.9 Å². The lowest BCUT2D eigenvalue weighted by molar-refractivity contribution is -0.132. The molecule has 0 saturated carbocycles. The molecule has 7 nitrogen and oxygen atoms in total. The van der Waals surface area contributed by atoms with Gasteiger partial charge in [-0.3, -0.25) is 24.3 Å². The summed E-state index contributed by atoms with van der Waals surface area (Å²) in [6, 6.07) is 13.8. The highest BCUT2D eigenvalue weighted by molar-refractivity contribution is 6.51. The molecule has 1 fully saturated rings. The molecule has 8 heteroatoms. The molecular formula is C24H18FN3O4. The number of Topliss-reactive ketones (excluding diaryl/α,β-unsaturated/α-hetero) is 1. The quantitative estimate of drug-likeness (QED) is 0.372. The van der Waals surface area contributed by atoms with Gasteiger partial charge in [0.25, 0.3) is 11.7 Å². The molecule has 1 saturated heterocycles. The van der Waals surface area contributed by atoms with Crippen molar-refractivity contribution in [2.24, 2.45) is 0 Å². The fourth-order valence-electron chi connectivity index (χ4n) is 3.63. The largest absolute Gasteiger partial charge is 0.507 e. The molecular weight excluding hydrogens is 413 g/mol. The van der Waals surface area contributed by atoms with Crippen LogP contribution >= 0.6 is 0 Å². The lowest BCUT2D eigenvalue weighted by Gasteiger charge is -2.25. The predicted molar refractivity (Wildman–Crippen MR) is 116 cm³/mol. The summed E-state index contributed by atoms with van der Waals surface area (Å²) in [6.45, 7) is 1.38. The van der Waals surface area contributed by atoms with Gasteiger partial charge >= 0.3 is 0 Å². The molecule has 1 aromatic heterocycles. The fourth-order valence-corrected chi connectivity index (χ4v) is 3.63. The van der Waals surface area contributed by atoms with Gasteiger partial charge < -0.3 is 10.4 Å². The minimum atomic E-state index is -0.922. The molecule has 1 atom stereocenters. The van der Waals surface area contributed by atoms with Crippen LogP contribution < -0.4 is 10.2 Å². The van der Waals surface area contributed by atoms with E-state index < -0.39 is 29.3 Å². The van der Waals surface area contributed by atoms with Crippen LogP contribution in [0.5, 0.6) is 0 Å². The highest BCUT2D eigenvalue weighted by Gasteiger charge is 2.46. The zero-order valence-electron chi connectivity index (χ0n) is 16.9. The number of hydrogen-bond acceptors (Lipinski definition) is 5. The number of nitrogens with zero attached hydrogens (tertiary/aromatic N) is 2. The van der Waals surface area contributed by atoms with Crippen LogP contribution in [-0.2, 0) is 14.4 Å². The van der Waals surface area contributed by atoms with Gasteiger partial charge in [0, 0.05) is 36.3 Å². The van der Waals surface area contributed by atoms with Crippen molar-refractivity contribution in [3.63, 3.8) is 0 Å². The molecule has 0 bridgehead atoms. The van der Waals surface area contributed by atoms with Gasteiger partial charge in [-0.15, -0.1) is 0 Å². The van der Waals surface area contributed by atoms with Gasteiger partial charge in [-0.1, -0.05) is 0 Å². The van der Waals surface area contributed by atoms with Crippen molar-refractivity contribution >= 4 is 34.7 Å². The minimum absolute atomic E-state index is 0.112. The van der Waals surface area contributed by atoms with Gasteiger partial charge in [0.05, 0.1) is 11.6 Å². The third-order valence-corrected chi connectivity index (χ3v) is 5.05. The summed E-state index contributed by atoms with van der Waals surface area (Å²) < 4.78 is 13.3. The van der Waals surface area contributed by atoms with E-state index in [9.17, 15) is 23.9 Å². The van der Waals surface area contributed by atoms with Crippen molar-refractivity contribution in [3.8, 4) is 0 Å². The molecule has 4 rings (SSSR count). The predicted octanol–water partition coefficient (Wildman–Crippen LogP) is 3.81. The van der Waals surface area contributed by atoms with Crippen LogP contribution in [0.3, 0.4) is 0 Å². The average Bonchev–Trinajstić information content (AvgIpc) is 3.05. The number of aliphatic hydroxyl groups excluding tert-OH is 1. The van der Waals surface area contributed by atoms with Crippen molar-refractivity contribution in [2.75, 3.05) is 10.2 Å². The fraction of sp³-hybridized carbons (Fsp3) is 0.0833. The molecule has 2 aromatic carbocycles. The molecule has 3 aromatic rings. The summed E-state index contributed by atoms with van der Waals surface area (Å²) in [4.78, 5) is 42.6. The Labute approximate surface area is 182 Å². The van der Waals surface area contributed by atoms with Gasteiger partial charge in [0.1, 0.15) is 11.6 Å². The van der Waals surface area contributed by atoms with Gasteiger partial charge in [-0.2, -0.15) is 0 Å². The van der Waals surface area contributed by atoms with E-state index in [1.165, 1.54) is 36.4 Å². The van der Waals surface area contributed by atoms with Gasteiger partial charge in [-0.25, -0.2) is 4.39 Å². The Morgan fingerprint density at radius 3 is 2.22 bits per heavy atom. The maximum absolute atomic E-state index is 13.3. The molecule has 160 valence electrons. The highest BCUT2D eigenvalue weighted by Crippen LogP contribution is 2.42. The lowest BCUT2D eigenvalue weighted by Crippen LogP contribution is -2.29. The Kier molecular flexibility index (Phi) is 5.51. The van der Waals surface area contributed by atoms with Gasteiger partial charge in [-0.05, 0) is 66.2 Å². The molecule has 2 N–H and O–H groups in total. The first-order chi connectivity index (χ1) is 15.4. The number of carbonyl (C=O) groups excluding carboxylic acids is 3. The van der Waals surface area contributed by atoms with Crippen molar-refractivity contribution in [3.05, 3.63) is 95.6 Å². The summed E-state index contributed by atoms with van der Waals surface area (Å²) >= 11 is 0. The Morgan fingerprint density at radius 2 is 1.62 bits per heavy atom. The summed E-state index contributed by atoms with van der Waals surface area (Å²) in [6.07, 6.45) is 3.04. The molecule has 0 aliphatic carbocycles. The number of anilines is 2. The number of hydrogen-bond donors (Lipinski definition) is 2. The van der Waals surface area contributed by atoms with E-state index >= 15 is 0 Å². The number of rotatable bonds is 4. The normalized spacial score (nSPS) is 17.4. The molecule has 1 aliphatic heterocycles. The Hall–Kier alpha value is -4.33. The number of carbonyl (C=O) groups is 3. The highest BCUT2D eigenvalue weighted by atomic mass is 19.1. The molecule has 32 heavy (non-hydrogen) atoms. The molecule has 2 heterocycles. The molecule has 1 unspecified atom stereocenters. The van der Waals surface area contributed by atoms with Crippen LogP contribution in [0.4, 0.5) is 15.8 Å². The van der Waals surface area contributed by atoms with Crippen LogP contribution in [0, 0.1) is 5.82 Å². The van der Waals surface area contributed by atoms with E-state index in [-0.39, 0.29) is 17.0 Å². The minimum Gasteiger partial charge on any atom is -0.507 e. The van der Waals surface area contributed by atoms with Gasteiger partial charge in [0.2, 0.25) is 5.91 Å². The standard InChI is InChI=1S/C24H18FN3O4/c1-14(29)27-18-6-8-19(9-7-18)28-21(15-10-12-26-13-11-15)20(23(31)24(28)32)22(30)16-2-4-17(25)5-3-16/h2-13,21,30H,1H3,(H,27,29)/b22-20-. The monoisotopic (exact) mass is 431 g/mol. The zero-order valence-corrected chi connectivity index (χ0v) is 16.9. The number of aromatic nitrogens is 1. The molecule has 0 spiro atoms. The second-order valence-corrected chi connectivity index (χ2v) is 7.18. The number of amides is 2. The SMILES string of the molecule is CC(=O)Nc1ccc(N2C(=O)C(=O)/C(=C(\O)c3ccc(F)cc3)C2c2ccncc2)cc1. The summed E-state index contributed by atoms with van der Waals surface area (Å²) in [5.41, 5.74) is 1.60. The number of benzene rings is 2. The maximum Gasteiger partial charge on any atom is 0.300 e. The van der Waals surface area contributed by atoms with E-state index in [2.05, 4.69) is 10.3 Å². The van der Waals surface area contributed by atoms with Crippen LogP contribution in [0.1, 0.15) is 24.1 Å². The van der Waals surface area contributed by atoms with Crippen molar-refractivity contribution in [2.45, 2.75) is 13.0 Å². The number of halogens is 1. The van der Waals surface area contributed by atoms with E-state index in [0.29, 0.717) is 16.9 Å². The van der Waals surface area contributed by atoms with E-state index in [1.807, 2.05) is 0 Å². The molecule has 2 amide bonds. The zero-order chi connectivity index (χ0) is 22.8. The first-order valence-electron chi connectivity index (χ1n) is 9.71. The number of pyridine rings is 1. The van der Waals surface area contributed by atoms with Crippen LogP contribution in [0.2, 0.25) is 0 Å². The van der Waals surface area contributed by atoms with Crippen LogP contribution in [0.25, 0.3) is 5.76 Å². The first-order valence-corrected chi connectivity index (χ1v) is 9.71. The maximum atomic E-state index is 13.3. The van der Waals surface area contributed by atoms with Gasteiger partial charge in [0.15, 0.2) is 0 Å². The Bertz CT molecular complexity index is 1220. The molecule has 0 radical (unpaired) electrons. The Morgan fingerprint density at radius 1 is 1.00 bits per heavy atom. The second kappa shape index (κ2) is 8.43. The van der Waals surface area contributed by atoms with E-state index in [4.69, 9.17) is 0 Å². The first kappa shape index (κ1) is 20.9. The summed E-state index contributed by atoms with van der Waals surface area (Å²) in [5.74, 6) is -2.81. The van der Waals surface area contributed by atoms with Crippen molar-refractivity contribution in [1.82, 2.24) is 4.98 Å². The smallest absolute Gasteiger partial charge is 0.300 e. The molecule has 1 aliphatic rings. The third kappa shape index (κ3) is 3.85. The number of nitrogens with one attached hydrogen (secondary N) is 1. The topological polar surface area (TPSA) is 99.6 Å². The van der Waals surface area contributed by atoms with Crippen LogP contribution in [0.15, 0.2) is 78.6 Å². The second-order valence-electron chi connectivity index (χ2n) is 7.18. The van der Waals surface area contributed by atoms with Crippen molar-refractivity contribution in [1.29, 1.82) is 0 Å². The average molecular weight is 431 g/mol. The Balaban J connectivity index is 1.85.